The molecule has 0 aromatic heterocycles. The number of nitrogens with zero attached hydrogens (tertiary/aromatic N) is 3. The van der Waals surface area contributed by atoms with Gasteiger partial charge in [0.05, 0.1) is 16.7 Å². The molecule has 0 unspecified atom stereocenters. The van der Waals surface area contributed by atoms with Gasteiger partial charge in [-0.1, -0.05) is 11.6 Å². The predicted molar refractivity (Wildman–Crippen MR) is 76.5 cm³/mol. The smallest absolute Gasteiger partial charge is 0.101 e. The number of hydrogen-bond donors (Lipinski definition) is 1. The standard InChI is InChI=1S/C14H18ClN3O/c1-11(19)10-17-4-6-18(7-5-17)13-3-2-12(9-16)14(15)8-13/h2-3,8,11,19H,4-7,10H2,1H3/t11-/m1/s1. The molecule has 1 aromatic carbocycles. The highest BCUT2D eigenvalue weighted by molar-refractivity contribution is 6.32. The molecular weight excluding hydrogens is 262 g/mol. The van der Waals surface area contributed by atoms with Crippen LogP contribution in [0.3, 0.4) is 0 Å². The van der Waals surface area contributed by atoms with Gasteiger partial charge < -0.3 is 10.0 Å². The monoisotopic (exact) mass is 279 g/mol. The van der Waals surface area contributed by atoms with Gasteiger partial charge in [0, 0.05) is 38.4 Å². The number of anilines is 1. The van der Waals surface area contributed by atoms with E-state index < -0.39 is 0 Å². The molecule has 5 heteroatoms. The Morgan fingerprint density at radius 1 is 1.37 bits per heavy atom. The van der Waals surface area contributed by atoms with Crippen molar-refractivity contribution >= 4 is 17.3 Å². The van der Waals surface area contributed by atoms with Gasteiger partial charge in [-0.15, -0.1) is 0 Å². The summed E-state index contributed by atoms with van der Waals surface area (Å²) >= 11 is 6.05. The Labute approximate surface area is 118 Å². The van der Waals surface area contributed by atoms with E-state index in [1.54, 1.807) is 6.07 Å². The molecule has 0 bridgehead atoms. The van der Waals surface area contributed by atoms with E-state index in [0.717, 1.165) is 38.4 Å². The zero-order valence-corrected chi connectivity index (χ0v) is 11.8. The van der Waals surface area contributed by atoms with Crippen molar-refractivity contribution in [2.45, 2.75) is 13.0 Å². The molecule has 19 heavy (non-hydrogen) atoms. The second kappa shape index (κ2) is 6.25. The van der Waals surface area contributed by atoms with Gasteiger partial charge in [0.15, 0.2) is 0 Å². The van der Waals surface area contributed by atoms with Gasteiger partial charge in [0.2, 0.25) is 0 Å². The number of halogens is 1. The molecule has 0 amide bonds. The summed E-state index contributed by atoms with van der Waals surface area (Å²) < 4.78 is 0. The van der Waals surface area contributed by atoms with Gasteiger partial charge in [-0.2, -0.15) is 5.26 Å². The number of β-amino-alcohol motifs (C(OH)–C–C–N with tert-alkyl or cyclic N) is 1. The first-order chi connectivity index (χ1) is 9.10. The van der Waals surface area contributed by atoms with Gasteiger partial charge in [0.1, 0.15) is 6.07 Å². The molecule has 1 fully saturated rings. The Balaban J connectivity index is 1.98. The SMILES string of the molecule is C[C@@H](O)CN1CCN(c2ccc(C#N)c(Cl)c2)CC1. The fourth-order valence-corrected chi connectivity index (χ4v) is 2.57. The summed E-state index contributed by atoms with van der Waals surface area (Å²) in [7, 11) is 0. The molecule has 1 heterocycles. The average Bonchev–Trinajstić information content (AvgIpc) is 2.39. The van der Waals surface area contributed by atoms with Crippen LogP contribution >= 0.6 is 11.6 Å². The quantitative estimate of drug-likeness (QED) is 0.915. The number of piperazine rings is 1. The maximum absolute atomic E-state index is 9.38. The average molecular weight is 280 g/mol. The zero-order chi connectivity index (χ0) is 13.8. The third-order valence-electron chi connectivity index (χ3n) is 3.33. The van der Waals surface area contributed by atoms with Crippen LogP contribution in [-0.2, 0) is 0 Å². The van der Waals surface area contributed by atoms with Gasteiger partial charge in [-0.05, 0) is 25.1 Å². The summed E-state index contributed by atoms with van der Waals surface area (Å²) in [6, 6.07) is 7.62. The maximum atomic E-state index is 9.38. The minimum Gasteiger partial charge on any atom is -0.392 e. The fourth-order valence-electron chi connectivity index (χ4n) is 2.35. The lowest BCUT2D eigenvalue weighted by atomic mass is 10.2. The van der Waals surface area contributed by atoms with Crippen LogP contribution in [0.1, 0.15) is 12.5 Å². The van der Waals surface area contributed by atoms with Crippen molar-refractivity contribution in [1.82, 2.24) is 4.90 Å². The van der Waals surface area contributed by atoms with E-state index >= 15 is 0 Å². The summed E-state index contributed by atoms with van der Waals surface area (Å²) in [5.41, 5.74) is 1.57. The largest absolute Gasteiger partial charge is 0.392 e. The topological polar surface area (TPSA) is 50.5 Å². The number of nitriles is 1. The molecule has 1 atom stereocenters. The van der Waals surface area contributed by atoms with E-state index in [1.807, 2.05) is 19.1 Å². The minimum absolute atomic E-state index is 0.282. The van der Waals surface area contributed by atoms with Gasteiger partial charge >= 0.3 is 0 Å². The second-order valence-corrected chi connectivity index (χ2v) is 5.32. The van der Waals surface area contributed by atoms with Crippen LogP contribution in [0.5, 0.6) is 0 Å². The third-order valence-corrected chi connectivity index (χ3v) is 3.65. The molecule has 1 aliphatic rings. The highest BCUT2D eigenvalue weighted by Gasteiger charge is 2.18. The van der Waals surface area contributed by atoms with E-state index in [4.69, 9.17) is 16.9 Å². The van der Waals surface area contributed by atoms with Crippen molar-refractivity contribution in [1.29, 1.82) is 5.26 Å². The van der Waals surface area contributed by atoms with E-state index in [-0.39, 0.29) is 6.10 Å². The summed E-state index contributed by atoms with van der Waals surface area (Å²) in [5.74, 6) is 0. The first-order valence-corrected chi connectivity index (χ1v) is 6.83. The molecule has 0 aliphatic carbocycles. The number of rotatable bonds is 3. The van der Waals surface area contributed by atoms with Crippen molar-refractivity contribution in [2.75, 3.05) is 37.6 Å². The van der Waals surface area contributed by atoms with Crippen LogP contribution in [0.4, 0.5) is 5.69 Å². The lowest BCUT2D eigenvalue weighted by Gasteiger charge is -2.36. The Kier molecular flexibility index (Phi) is 4.65. The van der Waals surface area contributed by atoms with Crippen molar-refractivity contribution in [3.8, 4) is 6.07 Å². The third kappa shape index (κ3) is 3.60. The van der Waals surface area contributed by atoms with E-state index in [0.29, 0.717) is 10.6 Å². The second-order valence-electron chi connectivity index (χ2n) is 4.91. The first kappa shape index (κ1) is 14.1. The highest BCUT2D eigenvalue weighted by Crippen LogP contribution is 2.24. The number of aliphatic hydroxyl groups is 1. The van der Waals surface area contributed by atoms with Crippen LogP contribution in [0, 0.1) is 11.3 Å². The molecule has 0 radical (unpaired) electrons. The number of benzene rings is 1. The Bertz CT molecular complexity index is 476. The Hall–Kier alpha value is -1.28. The molecular formula is C14H18ClN3O. The maximum Gasteiger partial charge on any atom is 0.101 e. The lowest BCUT2D eigenvalue weighted by molar-refractivity contribution is 0.123. The van der Waals surface area contributed by atoms with Gasteiger partial charge in [0.25, 0.3) is 0 Å². The molecule has 0 spiro atoms. The molecule has 1 aromatic rings. The Morgan fingerprint density at radius 2 is 2.05 bits per heavy atom. The van der Waals surface area contributed by atoms with Gasteiger partial charge in [-0.25, -0.2) is 0 Å². The summed E-state index contributed by atoms with van der Waals surface area (Å²) in [4.78, 5) is 4.51. The summed E-state index contributed by atoms with van der Waals surface area (Å²) in [6.45, 7) is 6.23. The van der Waals surface area contributed by atoms with Crippen molar-refractivity contribution < 1.29 is 5.11 Å². The number of hydrogen-bond acceptors (Lipinski definition) is 4. The van der Waals surface area contributed by atoms with Crippen LogP contribution < -0.4 is 4.90 Å². The fraction of sp³-hybridized carbons (Fsp3) is 0.500. The number of aliphatic hydroxyl groups excluding tert-OH is 1. The molecule has 1 saturated heterocycles. The van der Waals surface area contributed by atoms with Crippen LogP contribution in [0.2, 0.25) is 5.02 Å². The zero-order valence-electron chi connectivity index (χ0n) is 11.0. The van der Waals surface area contributed by atoms with Crippen molar-refractivity contribution in [3.05, 3.63) is 28.8 Å². The van der Waals surface area contributed by atoms with Gasteiger partial charge in [-0.3, -0.25) is 4.90 Å². The van der Waals surface area contributed by atoms with E-state index in [1.165, 1.54) is 0 Å². The van der Waals surface area contributed by atoms with Crippen molar-refractivity contribution in [3.63, 3.8) is 0 Å². The lowest BCUT2D eigenvalue weighted by Crippen LogP contribution is -2.48. The molecule has 102 valence electrons. The molecule has 2 rings (SSSR count). The molecule has 4 nitrogen and oxygen atoms in total. The summed E-state index contributed by atoms with van der Waals surface area (Å²) in [6.07, 6.45) is -0.282. The van der Waals surface area contributed by atoms with E-state index in [9.17, 15) is 5.11 Å². The Morgan fingerprint density at radius 3 is 2.58 bits per heavy atom. The molecule has 1 aliphatic heterocycles. The normalized spacial score (nSPS) is 18.1. The van der Waals surface area contributed by atoms with Crippen LogP contribution in [0.15, 0.2) is 18.2 Å². The molecule has 0 saturated carbocycles. The highest BCUT2D eigenvalue weighted by atomic mass is 35.5. The van der Waals surface area contributed by atoms with E-state index in [2.05, 4.69) is 15.9 Å². The summed E-state index contributed by atoms with van der Waals surface area (Å²) in [5, 5.41) is 18.7. The first-order valence-electron chi connectivity index (χ1n) is 6.45. The minimum atomic E-state index is -0.282. The van der Waals surface area contributed by atoms with Crippen LogP contribution in [0.25, 0.3) is 0 Å². The van der Waals surface area contributed by atoms with Crippen LogP contribution in [-0.4, -0.2) is 48.8 Å². The molecule has 1 N–H and O–H groups in total. The van der Waals surface area contributed by atoms with Crippen molar-refractivity contribution in [2.24, 2.45) is 0 Å². The predicted octanol–water partition coefficient (Wildman–Crippen LogP) is 1.71.